The normalized spacial score (nSPS) is 13.1. The molecule has 60 heavy (non-hydrogen) atoms. The van der Waals surface area contributed by atoms with Crippen LogP contribution in [0.2, 0.25) is 0 Å². The molecule has 0 saturated carbocycles. The molecule has 0 amide bonds. The summed E-state index contributed by atoms with van der Waals surface area (Å²) in [6.07, 6.45) is 0. The largest absolute Gasteiger partial charge is 0.228 e. The fourth-order valence-corrected chi connectivity index (χ4v) is 11.0. The molecular weight excluding hydrogens is 745 g/mol. The smallest absolute Gasteiger partial charge is 0.160 e. The molecule has 0 N–H and O–H groups in total. The molecule has 1 aliphatic heterocycles. The van der Waals surface area contributed by atoms with Crippen molar-refractivity contribution in [2.24, 2.45) is 0 Å². The molecule has 2 nitrogen and oxygen atoms in total. The van der Waals surface area contributed by atoms with Gasteiger partial charge in [-0.3, -0.25) is 0 Å². The minimum Gasteiger partial charge on any atom is -0.228 e. The first kappa shape index (κ1) is 34.7. The second-order valence-corrected chi connectivity index (χ2v) is 16.7. The number of hydrogen-bond acceptors (Lipinski definition) is 3. The van der Waals surface area contributed by atoms with Crippen LogP contribution in [0.5, 0.6) is 0 Å². The monoisotopic (exact) mass is 780 g/mol. The lowest BCUT2D eigenvalue weighted by Gasteiger charge is -2.40. The molecule has 0 saturated heterocycles. The van der Waals surface area contributed by atoms with Crippen molar-refractivity contribution in [1.82, 2.24) is 9.97 Å². The first-order valence-electron chi connectivity index (χ1n) is 20.5. The summed E-state index contributed by atoms with van der Waals surface area (Å²) in [6, 6.07) is 79.2. The van der Waals surface area contributed by atoms with Gasteiger partial charge in [-0.05, 0) is 96.7 Å². The van der Waals surface area contributed by atoms with Gasteiger partial charge in [-0.25, -0.2) is 9.97 Å². The maximum Gasteiger partial charge on any atom is 0.160 e. The fraction of sp³-hybridized carbons (Fsp3) is 0.0175. The van der Waals surface area contributed by atoms with Crippen LogP contribution in [0, 0.1) is 0 Å². The van der Waals surface area contributed by atoms with Crippen LogP contribution in [-0.4, -0.2) is 9.97 Å². The van der Waals surface area contributed by atoms with Gasteiger partial charge in [0.1, 0.15) is 0 Å². The van der Waals surface area contributed by atoms with Gasteiger partial charge < -0.3 is 0 Å². The molecular formula is C57H36N2S. The first-order valence-corrected chi connectivity index (χ1v) is 21.3. The van der Waals surface area contributed by atoms with Crippen LogP contribution in [0.3, 0.4) is 0 Å². The highest BCUT2D eigenvalue weighted by Gasteiger charge is 2.50. The summed E-state index contributed by atoms with van der Waals surface area (Å²) < 4.78 is 0. The average molecular weight is 781 g/mol. The van der Waals surface area contributed by atoms with E-state index in [1.54, 1.807) is 0 Å². The zero-order valence-corrected chi connectivity index (χ0v) is 33.4. The van der Waals surface area contributed by atoms with Gasteiger partial charge in [-0.15, -0.1) is 0 Å². The molecule has 1 aliphatic carbocycles. The van der Waals surface area contributed by atoms with E-state index in [4.69, 9.17) is 9.97 Å². The molecule has 0 radical (unpaired) electrons. The van der Waals surface area contributed by atoms with Gasteiger partial charge in [-0.1, -0.05) is 200 Å². The van der Waals surface area contributed by atoms with Gasteiger partial charge in [0, 0.05) is 26.5 Å². The third-order valence-electron chi connectivity index (χ3n) is 12.3. The van der Waals surface area contributed by atoms with Crippen LogP contribution in [0.25, 0.3) is 78.1 Å². The zero-order chi connectivity index (χ0) is 39.6. The molecule has 280 valence electrons. The van der Waals surface area contributed by atoms with E-state index in [0.717, 1.165) is 39.2 Å². The minimum atomic E-state index is -0.456. The van der Waals surface area contributed by atoms with Crippen LogP contribution in [0.4, 0.5) is 0 Å². The van der Waals surface area contributed by atoms with E-state index in [9.17, 15) is 0 Å². The van der Waals surface area contributed by atoms with Crippen LogP contribution < -0.4 is 0 Å². The lowest BCUT2D eigenvalue weighted by molar-refractivity contribution is 0.725. The molecule has 0 atom stereocenters. The summed E-state index contributed by atoms with van der Waals surface area (Å²) >= 11 is 1.91. The molecule has 0 fully saturated rings. The molecule has 9 aromatic carbocycles. The summed E-state index contributed by atoms with van der Waals surface area (Å²) in [5.74, 6) is 0.704. The van der Waals surface area contributed by atoms with E-state index in [0.29, 0.717) is 5.82 Å². The Balaban J connectivity index is 1.01. The van der Waals surface area contributed by atoms with Gasteiger partial charge in [0.05, 0.1) is 16.8 Å². The molecule has 2 heterocycles. The summed E-state index contributed by atoms with van der Waals surface area (Å²) in [4.78, 5) is 12.9. The average Bonchev–Trinajstić information content (AvgIpc) is 3.62. The predicted octanol–water partition coefficient (Wildman–Crippen LogP) is 14.8. The lowest BCUT2D eigenvalue weighted by atomic mass is 9.66. The van der Waals surface area contributed by atoms with Crippen LogP contribution in [-0.2, 0) is 5.41 Å². The second-order valence-electron chi connectivity index (χ2n) is 15.7. The maximum atomic E-state index is 5.14. The van der Waals surface area contributed by atoms with E-state index in [2.05, 4.69) is 206 Å². The van der Waals surface area contributed by atoms with Crippen molar-refractivity contribution in [3.05, 3.63) is 241 Å². The number of hydrogen-bond donors (Lipinski definition) is 0. The van der Waals surface area contributed by atoms with Crippen molar-refractivity contribution >= 4 is 22.5 Å². The lowest BCUT2D eigenvalue weighted by Crippen LogP contribution is -2.32. The Labute approximate surface area is 353 Å². The van der Waals surface area contributed by atoms with Gasteiger partial charge in [0.2, 0.25) is 0 Å². The molecule has 1 aromatic heterocycles. The van der Waals surface area contributed by atoms with E-state index in [-0.39, 0.29) is 0 Å². The Morgan fingerprint density at radius 2 is 0.783 bits per heavy atom. The molecule has 0 bridgehead atoms. The van der Waals surface area contributed by atoms with Gasteiger partial charge in [0.15, 0.2) is 5.82 Å². The Bertz CT molecular complexity index is 3190. The number of aromatic nitrogens is 2. The molecule has 12 rings (SSSR count). The fourth-order valence-electron chi connectivity index (χ4n) is 9.63. The highest BCUT2D eigenvalue weighted by Crippen LogP contribution is 2.63. The maximum absolute atomic E-state index is 5.14. The van der Waals surface area contributed by atoms with Gasteiger partial charge in [0.25, 0.3) is 0 Å². The first-order chi connectivity index (χ1) is 29.7. The Hall–Kier alpha value is -7.33. The summed E-state index contributed by atoms with van der Waals surface area (Å²) in [5, 5.41) is 2.52. The number of benzene rings is 9. The second kappa shape index (κ2) is 13.9. The highest BCUT2D eigenvalue weighted by molar-refractivity contribution is 7.99. The zero-order valence-electron chi connectivity index (χ0n) is 32.6. The molecule has 2 aliphatic rings. The quantitative estimate of drug-likeness (QED) is 0.174. The van der Waals surface area contributed by atoms with Crippen molar-refractivity contribution in [3.63, 3.8) is 0 Å². The SMILES string of the molecule is c1ccc(-c2cc(-c3ccccc3)nc(-c3cccc(-c4cccc(-c5cccc6c5Sc5cc7ccccc7cc5C65c6ccccc6-c6ccccc65)c4)c3)n2)cc1. The van der Waals surface area contributed by atoms with Crippen molar-refractivity contribution in [1.29, 1.82) is 0 Å². The Kier molecular flexibility index (Phi) is 8.04. The predicted molar refractivity (Wildman–Crippen MR) is 248 cm³/mol. The van der Waals surface area contributed by atoms with Gasteiger partial charge >= 0.3 is 0 Å². The Morgan fingerprint density at radius 1 is 0.317 bits per heavy atom. The summed E-state index contributed by atoms with van der Waals surface area (Å²) in [5.41, 5.74) is 17.2. The van der Waals surface area contributed by atoms with Crippen molar-refractivity contribution < 1.29 is 0 Å². The number of rotatable bonds is 5. The number of fused-ring (bicyclic) bond motifs is 10. The summed E-state index contributed by atoms with van der Waals surface area (Å²) in [6.45, 7) is 0. The molecule has 0 unspecified atom stereocenters. The van der Waals surface area contributed by atoms with Crippen molar-refractivity contribution in [2.45, 2.75) is 15.2 Å². The molecule has 3 heteroatoms. The van der Waals surface area contributed by atoms with Crippen LogP contribution in [0.15, 0.2) is 228 Å². The standard InChI is InChI=1S/C57H36N2S/c1-3-16-37(17-4-1)52-36-53(38-18-5-2-6-19-38)59-56(58-52)44-25-14-23-40(33-44)39-22-13-24-43(32-39)45-28-15-31-50-55(45)60-54-35-42-21-8-7-20-41(42)34-51(54)57(50)48-29-11-9-26-46(48)47-27-10-12-30-49(47)57/h1-36H. The highest BCUT2D eigenvalue weighted by atomic mass is 32.2. The summed E-state index contributed by atoms with van der Waals surface area (Å²) in [7, 11) is 0. The van der Waals surface area contributed by atoms with E-state index >= 15 is 0 Å². The van der Waals surface area contributed by atoms with Gasteiger partial charge in [-0.2, -0.15) is 0 Å². The van der Waals surface area contributed by atoms with E-state index < -0.39 is 5.41 Å². The van der Waals surface area contributed by atoms with E-state index in [1.165, 1.54) is 65.1 Å². The topological polar surface area (TPSA) is 25.8 Å². The third kappa shape index (κ3) is 5.43. The van der Waals surface area contributed by atoms with E-state index in [1.807, 2.05) is 23.9 Å². The molecule has 10 aromatic rings. The van der Waals surface area contributed by atoms with Crippen molar-refractivity contribution in [2.75, 3.05) is 0 Å². The third-order valence-corrected chi connectivity index (χ3v) is 13.5. The molecule has 1 spiro atoms. The van der Waals surface area contributed by atoms with Crippen LogP contribution >= 0.6 is 11.8 Å². The minimum absolute atomic E-state index is 0.456. The van der Waals surface area contributed by atoms with Crippen molar-refractivity contribution in [3.8, 4) is 67.3 Å². The van der Waals surface area contributed by atoms with Crippen LogP contribution in [0.1, 0.15) is 22.3 Å². The Morgan fingerprint density at radius 3 is 1.43 bits per heavy atom. The number of nitrogens with zero attached hydrogens (tertiary/aromatic N) is 2.